The number of nitrogens with zero attached hydrogens (tertiary/aromatic N) is 2. The minimum absolute atomic E-state index is 0.0649. The second-order valence-electron chi connectivity index (χ2n) is 8.02. The average Bonchev–Trinajstić information content (AvgIpc) is 2.80. The Morgan fingerprint density at radius 2 is 1.69 bits per heavy atom. The van der Waals surface area contributed by atoms with Gasteiger partial charge in [0.25, 0.3) is 0 Å². The Morgan fingerprint density at radius 1 is 0.969 bits per heavy atom. The van der Waals surface area contributed by atoms with Crippen LogP contribution in [0.3, 0.4) is 0 Å². The van der Waals surface area contributed by atoms with E-state index >= 15 is 0 Å². The molecule has 172 valence electrons. The number of hydrogen-bond donors (Lipinski definition) is 2. The van der Waals surface area contributed by atoms with Crippen molar-refractivity contribution in [1.82, 2.24) is 9.97 Å². The molecular weight excluding hydrogens is 427 g/mol. The molecule has 1 aromatic heterocycles. The Hall–Kier alpha value is -2.44. The van der Waals surface area contributed by atoms with E-state index in [4.69, 9.17) is 22.1 Å². The Morgan fingerprint density at radius 3 is 2.38 bits per heavy atom. The lowest BCUT2D eigenvalue weighted by molar-refractivity contribution is 0.409. The molecule has 3 N–H and O–H groups in total. The summed E-state index contributed by atoms with van der Waals surface area (Å²) in [5.41, 5.74) is 8.13. The van der Waals surface area contributed by atoms with Gasteiger partial charge in [0.15, 0.2) is 0 Å². The lowest BCUT2D eigenvalue weighted by Gasteiger charge is -2.13. The summed E-state index contributed by atoms with van der Waals surface area (Å²) < 4.78 is 19.1. The average molecular weight is 459 g/mol. The number of halogens is 2. The van der Waals surface area contributed by atoms with Crippen LogP contribution in [0.5, 0.6) is 5.75 Å². The number of unbranched alkanes of at least 4 members (excludes halogenated alkanes) is 7. The smallest absolute Gasteiger partial charge is 0.141 e. The zero-order valence-electron chi connectivity index (χ0n) is 18.7. The fourth-order valence-electron chi connectivity index (χ4n) is 3.84. The van der Waals surface area contributed by atoms with Crippen molar-refractivity contribution in [3.8, 4) is 5.75 Å². The summed E-state index contributed by atoms with van der Waals surface area (Å²) >= 11 is 5.92. The van der Waals surface area contributed by atoms with Crippen molar-refractivity contribution in [2.75, 3.05) is 19.0 Å². The highest BCUT2D eigenvalue weighted by Gasteiger charge is 2.11. The van der Waals surface area contributed by atoms with Crippen molar-refractivity contribution < 1.29 is 9.13 Å². The van der Waals surface area contributed by atoms with Crippen molar-refractivity contribution >= 4 is 34.0 Å². The molecule has 5 nitrogen and oxygen atoms in total. The number of hydrogen-bond acceptors (Lipinski definition) is 5. The number of ether oxygens (including phenoxy) is 1. The number of fused-ring (bicyclic) bond motifs is 1. The molecule has 2 aromatic carbocycles. The van der Waals surface area contributed by atoms with E-state index in [0.717, 1.165) is 48.0 Å². The van der Waals surface area contributed by atoms with E-state index in [2.05, 4.69) is 21.4 Å². The van der Waals surface area contributed by atoms with E-state index in [-0.39, 0.29) is 5.02 Å². The number of aromatic nitrogens is 2. The standard InChI is InChI=1S/C25H32ClFN4O/c1-32-24-16-23-20(14-18(24)10-8-6-4-2-3-5-7-9-13-28)25(30-17-29-23)31-19-11-12-22(27)21(26)15-19/h11-12,14-17H,2-10,13,28H2,1H3,(H,29,30,31). The number of rotatable bonds is 13. The highest BCUT2D eigenvalue weighted by Crippen LogP contribution is 2.31. The van der Waals surface area contributed by atoms with Crippen molar-refractivity contribution in [2.45, 2.75) is 57.8 Å². The molecule has 0 fully saturated rings. The summed E-state index contributed by atoms with van der Waals surface area (Å²) in [6, 6.07) is 8.56. The zero-order chi connectivity index (χ0) is 22.8. The van der Waals surface area contributed by atoms with Crippen LogP contribution in [0.4, 0.5) is 15.9 Å². The van der Waals surface area contributed by atoms with Crippen LogP contribution in [-0.4, -0.2) is 23.6 Å². The van der Waals surface area contributed by atoms with Gasteiger partial charge in [0.1, 0.15) is 23.7 Å². The summed E-state index contributed by atoms with van der Waals surface area (Å²) in [5, 5.41) is 4.19. The first-order valence-corrected chi connectivity index (χ1v) is 11.7. The highest BCUT2D eigenvalue weighted by molar-refractivity contribution is 6.31. The molecule has 1 heterocycles. The Balaban J connectivity index is 1.66. The van der Waals surface area contributed by atoms with Crippen molar-refractivity contribution in [3.63, 3.8) is 0 Å². The van der Waals surface area contributed by atoms with Gasteiger partial charge in [0.2, 0.25) is 0 Å². The molecule has 0 unspecified atom stereocenters. The molecule has 0 spiro atoms. The number of methoxy groups -OCH3 is 1. The zero-order valence-corrected chi connectivity index (χ0v) is 19.4. The molecule has 0 bridgehead atoms. The molecule has 0 aliphatic carbocycles. The van der Waals surface area contributed by atoms with Gasteiger partial charge in [0, 0.05) is 17.1 Å². The third kappa shape index (κ3) is 6.78. The van der Waals surface area contributed by atoms with Crippen LogP contribution < -0.4 is 15.8 Å². The molecule has 0 radical (unpaired) electrons. The van der Waals surface area contributed by atoms with Gasteiger partial charge < -0.3 is 15.8 Å². The van der Waals surface area contributed by atoms with Gasteiger partial charge in [-0.3, -0.25) is 0 Å². The van der Waals surface area contributed by atoms with Gasteiger partial charge in [-0.2, -0.15) is 0 Å². The lowest BCUT2D eigenvalue weighted by atomic mass is 10.0. The maximum atomic E-state index is 13.5. The van der Waals surface area contributed by atoms with E-state index in [9.17, 15) is 4.39 Å². The molecule has 0 amide bonds. The predicted molar refractivity (Wildman–Crippen MR) is 130 cm³/mol. The molecule has 0 saturated heterocycles. The van der Waals surface area contributed by atoms with Crippen molar-refractivity contribution in [1.29, 1.82) is 0 Å². The quantitative estimate of drug-likeness (QED) is 0.275. The lowest BCUT2D eigenvalue weighted by Crippen LogP contribution is -1.99. The summed E-state index contributed by atoms with van der Waals surface area (Å²) in [5.74, 6) is 1.04. The fraction of sp³-hybridized carbons (Fsp3) is 0.440. The third-order valence-electron chi connectivity index (χ3n) is 5.62. The first-order chi connectivity index (χ1) is 15.6. The number of aryl methyl sites for hydroxylation is 1. The van der Waals surface area contributed by atoms with Crippen molar-refractivity contribution in [3.05, 3.63) is 53.1 Å². The molecule has 0 saturated carbocycles. The van der Waals surface area contributed by atoms with Crippen LogP contribution in [0.15, 0.2) is 36.7 Å². The van der Waals surface area contributed by atoms with Gasteiger partial charge >= 0.3 is 0 Å². The van der Waals surface area contributed by atoms with E-state index < -0.39 is 5.82 Å². The summed E-state index contributed by atoms with van der Waals surface area (Å²) in [7, 11) is 1.69. The van der Waals surface area contributed by atoms with Crippen LogP contribution >= 0.6 is 11.6 Å². The van der Waals surface area contributed by atoms with Gasteiger partial charge in [-0.05, 0) is 55.6 Å². The summed E-state index contributed by atoms with van der Waals surface area (Å²) in [6.07, 6.45) is 12.2. The SMILES string of the molecule is COc1cc2ncnc(Nc3ccc(F)c(Cl)c3)c2cc1CCCCCCCCCCN. The largest absolute Gasteiger partial charge is 0.496 e. The van der Waals surface area contributed by atoms with E-state index in [1.165, 1.54) is 50.9 Å². The Kier molecular flexibility index (Phi) is 9.50. The fourth-order valence-corrected chi connectivity index (χ4v) is 4.03. The van der Waals surface area contributed by atoms with E-state index in [0.29, 0.717) is 11.5 Å². The molecule has 0 aliphatic heterocycles. The maximum Gasteiger partial charge on any atom is 0.141 e. The second kappa shape index (κ2) is 12.6. The molecular formula is C25H32ClFN4O. The summed E-state index contributed by atoms with van der Waals surface area (Å²) in [4.78, 5) is 8.79. The predicted octanol–water partition coefficient (Wildman–Crippen LogP) is 6.80. The summed E-state index contributed by atoms with van der Waals surface area (Å²) in [6.45, 7) is 0.799. The van der Waals surface area contributed by atoms with Gasteiger partial charge in [-0.1, -0.05) is 50.1 Å². The van der Waals surface area contributed by atoms with Gasteiger partial charge in [-0.15, -0.1) is 0 Å². The maximum absolute atomic E-state index is 13.5. The first kappa shape index (κ1) is 24.2. The van der Waals surface area contributed by atoms with Gasteiger partial charge in [-0.25, -0.2) is 14.4 Å². The molecule has 0 aliphatic rings. The first-order valence-electron chi connectivity index (χ1n) is 11.4. The number of anilines is 2. The number of nitrogens with one attached hydrogen (secondary N) is 1. The molecule has 3 rings (SSSR count). The molecule has 32 heavy (non-hydrogen) atoms. The van der Waals surface area contributed by atoms with Crippen LogP contribution in [0.25, 0.3) is 10.9 Å². The van der Waals surface area contributed by atoms with Crippen LogP contribution in [-0.2, 0) is 6.42 Å². The van der Waals surface area contributed by atoms with Crippen LogP contribution in [0, 0.1) is 5.82 Å². The van der Waals surface area contributed by atoms with Gasteiger partial charge in [0.05, 0.1) is 17.6 Å². The van der Waals surface area contributed by atoms with Crippen LogP contribution in [0.1, 0.15) is 56.9 Å². The topological polar surface area (TPSA) is 73.1 Å². The molecule has 7 heteroatoms. The number of nitrogens with two attached hydrogens (primary N) is 1. The minimum Gasteiger partial charge on any atom is -0.496 e. The van der Waals surface area contributed by atoms with E-state index in [1.807, 2.05) is 6.07 Å². The Bertz CT molecular complexity index is 1010. The van der Waals surface area contributed by atoms with E-state index in [1.54, 1.807) is 19.2 Å². The normalized spacial score (nSPS) is 11.1. The molecule has 3 aromatic rings. The number of benzene rings is 2. The minimum atomic E-state index is -0.452. The highest BCUT2D eigenvalue weighted by atomic mass is 35.5. The third-order valence-corrected chi connectivity index (χ3v) is 5.91. The second-order valence-corrected chi connectivity index (χ2v) is 8.43. The van der Waals surface area contributed by atoms with Crippen molar-refractivity contribution in [2.24, 2.45) is 5.73 Å². The molecule has 0 atom stereocenters. The Labute approximate surface area is 194 Å². The van der Waals surface area contributed by atoms with Crippen LogP contribution in [0.2, 0.25) is 5.02 Å². The monoisotopic (exact) mass is 458 g/mol.